The maximum atomic E-state index is 11.7. The Labute approximate surface area is 181 Å². The van der Waals surface area contributed by atoms with E-state index in [4.69, 9.17) is 21.1 Å². The van der Waals surface area contributed by atoms with Crippen molar-refractivity contribution in [2.24, 2.45) is 0 Å². The van der Waals surface area contributed by atoms with Crippen LogP contribution in [0, 0.1) is 13.8 Å². The molecule has 1 heterocycles. The number of hydrogen-bond acceptors (Lipinski definition) is 4. The molecule has 0 aliphatic carbocycles. The van der Waals surface area contributed by atoms with Gasteiger partial charge in [0.05, 0.1) is 23.1 Å². The summed E-state index contributed by atoms with van der Waals surface area (Å²) in [5, 5.41) is 10.1. The highest BCUT2D eigenvalue weighted by atomic mass is 35.5. The molecule has 1 N–H and O–H groups in total. The van der Waals surface area contributed by atoms with Crippen molar-refractivity contribution in [2.75, 3.05) is 0 Å². The first-order valence-electron chi connectivity index (χ1n) is 9.64. The van der Waals surface area contributed by atoms with Gasteiger partial charge in [-0.05, 0) is 81.3 Å². The Morgan fingerprint density at radius 1 is 1.07 bits per heavy atom. The van der Waals surface area contributed by atoms with E-state index in [0.717, 1.165) is 16.7 Å². The number of carboxylic acids is 1. The lowest BCUT2D eigenvalue weighted by Crippen LogP contribution is -2.10. The van der Waals surface area contributed by atoms with Gasteiger partial charge in [0.15, 0.2) is 0 Å². The number of carboxylic acid groups (broad SMARTS) is 1. The lowest BCUT2D eigenvalue weighted by Gasteiger charge is -2.16. The standard InChI is InChI=1S/C24H24ClNO4/c1-14(2)30-23-12-17(25)6-8-19(23)21-10-9-20(24(27)28)22(26-21)13-29-18-7-5-15(3)16(4)11-18/h5-12,14H,13H2,1-4H3,(H,27,28). The Hall–Kier alpha value is -3.05. The van der Waals surface area contributed by atoms with Crippen LogP contribution < -0.4 is 9.47 Å². The van der Waals surface area contributed by atoms with Crippen LogP contribution >= 0.6 is 11.6 Å². The molecule has 0 aliphatic rings. The average molecular weight is 426 g/mol. The van der Waals surface area contributed by atoms with Gasteiger partial charge in [-0.15, -0.1) is 0 Å². The van der Waals surface area contributed by atoms with E-state index in [0.29, 0.717) is 27.9 Å². The quantitative estimate of drug-likeness (QED) is 0.496. The predicted molar refractivity (Wildman–Crippen MR) is 118 cm³/mol. The summed E-state index contributed by atoms with van der Waals surface area (Å²) < 4.78 is 11.7. The highest BCUT2D eigenvalue weighted by molar-refractivity contribution is 6.30. The van der Waals surface area contributed by atoms with E-state index in [1.54, 1.807) is 18.2 Å². The number of aromatic carboxylic acids is 1. The Kier molecular flexibility index (Phi) is 6.63. The van der Waals surface area contributed by atoms with E-state index < -0.39 is 5.97 Å². The molecular weight excluding hydrogens is 402 g/mol. The topological polar surface area (TPSA) is 68.7 Å². The minimum absolute atomic E-state index is 0.0337. The molecule has 3 rings (SSSR count). The Morgan fingerprint density at radius 2 is 1.83 bits per heavy atom. The lowest BCUT2D eigenvalue weighted by atomic mass is 10.1. The van der Waals surface area contributed by atoms with Gasteiger partial charge in [-0.3, -0.25) is 0 Å². The molecule has 0 aliphatic heterocycles. The van der Waals surface area contributed by atoms with Gasteiger partial charge in [-0.1, -0.05) is 17.7 Å². The number of nitrogens with zero attached hydrogens (tertiary/aromatic N) is 1. The maximum Gasteiger partial charge on any atom is 0.337 e. The molecule has 0 fully saturated rings. The molecule has 0 unspecified atom stereocenters. The first kappa shape index (κ1) is 21.7. The van der Waals surface area contributed by atoms with Crippen LogP contribution in [0.25, 0.3) is 11.3 Å². The van der Waals surface area contributed by atoms with Gasteiger partial charge in [0, 0.05) is 10.6 Å². The molecule has 0 amide bonds. The second kappa shape index (κ2) is 9.18. The molecule has 3 aromatic rings. The Bertz CT molecular complexity index is 1080. The zero-order chi connectivity index (χ0) is 21.8. The largest absolute Gasteiger partial charge is 0.490 e. The molecular formula is C24H24ClNO4. The van der Waals surface area contributed by atoms with Gasteiger partial charge in [-0.25, -0.2) is 9.78 Å². The summed E-state index contributed by atoms with van der Waals surface area (Å²) in [6, 6.07) is 14.3. The van der Waals surface area contributed by atoms with Crippen LogP contribution in [-0.2, 0) is 6.61 Å². The van der Waals surface area contributed by atoms with Crippen molar-refractivity contribution in [1.29, 1.82) is 0 Å². The molecule has 156 valence electrons. The van der Waals surface area contributed by atoms with Gasteiger partial charge in [-0.2, -0.15) is 0 Å². The smallest absolute Gasteiger partial charge is 0.337 e. The summed E-state index contributed by atoms with van der Waals surface area (Å²) in [6.07, 6.45) is -0.0481. The second-order valence-corrected chi connectivity index (χ2v) is 7.77. The van der Waals surface area contributed by atoms with E-state index in [1.807, 2.05) is 52.0 Å². The van der Waals surface area contributed by atoms with E-state index in [-0.39, 0.29) is 18.3 Å². The molecule has 2 aromatic carbocycles. The molecule has 0 atom stereocenters. The van der Waals surface area contributed by atoms with Crippen LogP contribution in [0.3, 0.4) is 0 Å². The molecule has 30 heavy (non-hydrogen) atoms. The number of carbonyl (C=O) groups is 1. The third kappa shape index (κ3) is 5.10. The molecule has 1 aromatic heterocycles. The fourth-order valence-corrected chi connectivity index (χ4v) is 3.13. The molecule has 0 radical (unpaired) electrons. The fraction of sp³-hybridized carbons (Fsp3) is 0.250. The zero-order valence-electron chi connectivity index (χ0n) is 17.4. The van der Waals surface area contributed by atoms with Gasteiger partial charge in [0.2, 0.25) is 0 Å². The first-order chi connectivity index (χ1) is 14.2. The summed E-state index contributed by atoms with van der Waals surface area (Å²) in [7, 11) is 0. The monoisotopic (exact) mass is 425 g/mol. The molecule has 0 bridgehead atoms. The van der Waals surface area contributed by atoms with Crippen LogP contribution in [0.15, 0.2) is 48.5 Å². The second-order valence-electron chi connectivity index (χ2n) is 7.34. The van der Waals surface area contributed by atoms with Gasteiger partial charge < -0.3 is 14.6 Å². The molecule has 5 nitrogen and oxygen atoms in total. The Morgan fingerprint density at radius 3 is 2.50 bits per heavy atom. The number of aromatic nitrogens is 1. The zero-order valence-corrected chi connectivity index (χ0v) is 18.2. The summed E-state index contributed by atoms with van der Waals surface area (Å²) in [5.74, 6) is 0.202. The summed E-state index contributed by atoms with van der Waals surface area (Å²) >= 11 is 6.13. The normalized spacial score (nSPS) is 10.9. The summed E-state index contributed by atoms with van der Waals surface area (Å²) in [6.45, 7) is 7.91. The highest BCUT2D eigenvalue weighted by Crippen LogP contribution is 2.33. The van der Waals surface area contributed by atoms with Gasteiger partial charge in [0.25, 0.3) is 0 Å². The van der Waals surface area contributed by atoms with Crippen molar-refractivity contribution in [2.45, 2.75) is 40.4 Å². The van der Waals surface area contributed by atoms with Gasteiger partial charge in [0.1, 0.15) is 18.1 Å². The minimum Gasteiger partial charge on any atom is -0.490 e. The van der Waals surface area contributed by atoms with Crippen LogP contribution in [0.2, 0.25) is 5.02 Å². The first-order valence-corrected chi connectivity index (χ1v) is 10.0. The number of aryl methyl sites for hydroxylation is 2. The lowest BCUT2D eigenvalue weighted by molar-refractivity contribution is 0.0693. The fourth-order valence-electron chi connectivity index (χ4n) is 2.97. The number of hydrogen-bond donors (Lipinski definition) is 1. The van der Waals surface area contributed by atoms with Crippen LogP contribution in [0.4, 0.5) is 0 Å². The predicted octanol–water partition coefficient (Wildman–Crippen LogP) is 6.08. The summed E-state index contributed by atoms with van der Waals surface area (Å²) in [5.41, 5.74) is 4.02. The van der Waals surface area contributed by atoms with Crippen LogP contribution in [0.1, 0.15) is 41.0 Å². The molecule has 6 heteroatoms. The van der Waals surface area contributed by atoms with E-state index >= 15 is 0 Å². The summed E-state index contributed by atoms with van der Waals surface area (Å²) in [4.78, 5) is 16.3. The highest BCUT2D eigenvalue weighted by Gasteiger charge is 2.17. The Balaban J connectivity index is 1.97. The number of benzene rings is 2. The third-order valence-corrected chi connectivity index (χ3v) is 4.88. The van der Waals surface area contributed by atoms with Gasteiger partial charge >= 0.3 is 5.97 Å². The molecule has 0 saturated carbocycles. The van der Waals surface area contributed by atoms with Crippen LogP contribution in [0.5, 0.6) is 11.5 Å². The van der Waals surface area contributed by atoms with Crippen molar-refractivity contribution in [1.82, 2.24) is 4.98 Å². The SMILES string of the molecule is Cc1ccc(OCc2nc(-c3ccc(Cl)cc3OC(C)C)ccc2C(=O)O)cc1C. The van der Waals surface area contributed by atoms with Crippen molar-refractivity contribution in [3.05, 3.63) is 75.9 Å². The van der Waals surface area contributed by atoms with E-state index in [2.05, 4.69) is 4.98 Å². The number of rotatable bonds is 7. The van der Waals surface area contributed by atoms with Crippen molar-refractivity contribution >= 4 is 17.6 Å². The third-order valence-electron chi connectivity index (χ3n) is 4.64. The van der Waals surface area contributed by atoms with Crippen molar-refractivity contribution in [3.8, 4) is 22.8 Å². The number of ether oxygens (including phenoxy) is 2. The van der Waals surface area contributed by atoms with Crippen molar-refractivity contribution < 1.29 is 19.4 Å². The average Bonchev–Trinajstić information content (AvgIpc) is 2.68. The number of pyridine rings is 1. The minimum atomic E-state index is -1.05. The van der Waals surface area contributed by atoms with E-state index in [9.17, 15) is 9.90 Å². The molecule has 0 spiro atoms. The maximum absolute atomic E-state index is 11.7. The van der Waals surface area contributed by atoms with Crippen molar-refractivity contribution in [3.63, 3.8) is 0 Å². The number of halogens is 1. The van der Waals surface area contributed by atoms with E-state index in [1.165, 1.54) is 6.07 Å². The molecule has 0 saturated heterocycles. The van der Waals surface area contributed by atoms with Crippen LogP contribution in [-0.4, -0.2) is 22.2 Å².